The number of methoxy groups -OCH3 is 1. The first-order valence-electron chi connectivity index (χ1n) is 9.18. The van der Waals surface area contributed by atoms with E-state index in [-0.39, 0.29) is 11.6 Å². The first kappa shape index (κ1) is 17.6. The van der Waals surface area contributed by atoms with Gasteiger partial charge in [0.1, 0.15) is 5.54 Å². The molecule has 1 aromatic heterocycles. The number of ether oxygens (including phenoxy) is 2. The number of nitrogens with zero attached hydrogens (tertiary/aromatic N) is 3. The summed E-state index contributed by atoms with van der Waals surface area (Å²) < 4.78 is 16.4. The van der Waals surface area contributed by atoms with E-state index in [1.54, 1.807) is 7.11 Å². The molecule has 1 N–H and O–H groups in total. The SMILES string of the molecule is CNC1(c2nc(-c3ccc(CN4CCOCC4)cc3)no2)CC(OC)C1. The highest BCUT2D eigenvalue weighted by Gasteiger charge is 2.49. The van der Waals surface area contributed by atoms with Gasteiger partial charge in [-0.25, -0.2) is 0 Å². The molecule has 0 unspecified atom stereocenters. The van der Waals surface area contributed by atoms with Crippen LogP contribution < -0.4 is 5.32 Å². The van der Waals surface area contributed by atoms with E-state index in [0.717, 1.165) is 51.3 Å². The molecule has 2 fully saturated rings. The molecule has 26 heavy (non-hydrogen) atoms. The quantitative estimate of drug-likeness (QED) is 0.844. The number of benzene rings is 1. The predicted octanol–water partition coefficient (Wildman–Crippen LogP) is 1.79. The Morgan fingerprint density at radius 3 is 2.62 bits per heavy atom. The van der Waals surface area contributed by atoms with Crippen LogP contribution in [0.5, 0.6) is 0 Å². The van der Waals surface area contributed by atoms with E-state index >= 15 is 0 Å². The summed E-state index contributed by atoms with van der Waals surface area (Å²) in [5, 5.41) is 7.51. The molecule has 2 aromatic rings. The lowest BCUT2D eigenvalue weighted by Gasteiger charge is -2.43. The van der Waals surface area contributed by atoms with Gasteiger partial charge in [-0.05, 0) is 12.6 Å². The summed E-state index contributed by atoms with van der Waals surface area (Å²) in [5.74, 6) is 1.27. The summed E-state index contributed by atoms with van der Waals surface area (Å²) in [6.45, 7) is 4.57. The second-order valence-corrected chi connectivity index (χ2v) is 7.11. The summed E-state index contributed by atoms with van der Waals surface area (Å²) in [6, 6.07) is 8.41. The van der Waals surface area contributed by atoms with Crippen molar-refractivity contribution in [1.29, 1.82) is 0 Å². The lowest BCUT2D eigenvalue weighted by molar-refractivity contribution is -0.0428. The van der Waals surface area contributed by atoms with Crippen LogP contribution in [0.4, 0.5) is 0 Å². The van der Waals surface area contributed by atoms with Crippen LogP contribution in [0.3, 0.4) is 0 Å². The van der Waals surface area contributed by atoms with Crippen LogP contribution in [0.2, 0.25) is 0 Å². The Kier molecular flexibility index (Phi) is 5.04. The maximum Gasteiger partial charge on any atom is 0.247 e. The van der Waals surface area contributed by atoms with Crippen molar-refractivity contribution in [2.75, 3.05) is 40.5 Å². The van der Waals surface area contributed by atoms with E-state index < -0.39 is 0 Å². The lowest BCUT2D eigenvalue weighted by Crippen LogP contribution is -2.54. The highest BCUT2D eigenvalue weighted by molar-refractivity contribution is 5.54. The molecule has 1 saturated heterocycles. The van der Waals surface area contributed by atoms with Gasteiger partial charge in [-0.3, -0.25) is 4.90 Å². The smallest absolute Gasteiger partial charge is 0.247 e. The van der Waals surface area contributed by atoms with Crippen LogP contribution >= 0.6 is 0 Å². The number of morpholine rings is 1. The van der Waals surface area contributed by atoms with Crippen molar-refractivity contribution in [3.05, 3.63) is 35.7 Å². The van der Waals surface area contributed by atoms with Crippen molar-refractivity contribution >= 4 is 0 Å². The van der Waals surface area contributed by atoms with Crippen molar-refractivity contribution in [1.82, 2.24) is 20.4 Å². The third-order valence-corrected chi connectivity index (χ3v) is 5.52. The number of hydrogen-bond acceptors (Lipinski definition) is 7. The van der Waals surface area contributed by atoms with Gasteiger partial charge in [0.15, 0.2) is 0 Å². The normalized spacial score (nSPS) is 26.6. The van der Waals surface area contributed by atoms with Gasteiger partial charge in [-0.1, -0.05) is 29.4 Å². The second kappa shape index (κ2) is 7.44. The molecule has 0 spiro atoms. The predicted molar refractivity (Wildman–Crippen MR) is 96.6 cm³/mol. The fraction of sp³-hybridized carbons (Fsp3) is 0.579. The van der Waals surface area contributed by atoms with E-state index in [4.69, 9.17) is 14.0 Å². The molecule has 1 saturated carbocycles. The van der Waals surface area contributed by atoms with Gasteiger partial charge in [-0.2, -0.15) is 4.98 Å². The summed E-state index contributed by atoms with van der Waals surface area (Å²) >= 11 is 0. The number of rotatable bonds is 6. The molecular formula is C19H26N4O3. The molecule has 1 aromatic carbocycles. The number of hydrogen-bond donors (Lipinski definition) is 1. The van der Waals surface area contributed by atoms with E-state index in [1.807, 2.05) is 7.05 Å². The molecule has 2 heterocycles. The summed E-state index contributed by atoms with van der Waals surface area (Å²) in [7, 11) is 3.66. The average Bonchev–Trinajstić information content (AvgIpc) is 3.14. The second-order valence-electron chi connectivity index (χ2n) is 7.11. The standard InChI is InChI=1S/C19H26N4O3/c1-20-19(11-16(12-19)24-2)18-21-17(22-26-18)15-5-3-14(4-6-15)13-23-7-9-25-10-8-23/h3-6,16,20H,7-13H2,1-2H3. The third-order valence-electron chi connectivity index (χ3n) is 5.52. The summed E-state index contributed by atoms with van der Waals surface area (Å²) in [4.78, 5) is 7.04. The van der Waals surface area contributed by atoms with Gasteiger partial charge in [0.25, 0.3) is 0 Å². The van der Waals surface area contributed by atoms with E-state index in [0.29, 0.717) is 11.7 Å². The Morgan fingerprint density at radius 2 is 1.96 bits per heavy atom. The summed E-state index contributed by atoms with van der Waals surface area (Å²) in [6.07, 6.45) is 1.94. The van der Waals surface area contributed by atoms with Gasteiger partial charge in [0.05, 0.1) is 19.3 Å². The topological polar surface area (TPSA) is 72.7 Å². The molecule has 0 bridgehead atoms. The Labute approximate surface area is 153 Å². The summed E-state index contributed by atoms with van der Waals surface area (Å²) in [5.41, 5.74) is 2.00. The minimum atomic E-state index is -0.262. The van der Waals surface area contributed by atoms with Crippen LogP contribution in [0, 0.1) is 0 Å². The third kappa shape index (κ3) is 3.40. The fourth-order valence-electron chi connectivity index (χ4n) is 3.68. The molecule has 7 nitrogen and oxygen atoms in total. The first-order chi connectivity index (χ1) is 12.7. The molecule has 0 atom stereocenters. The molecule has 140 valence electrons. The molecule has 1 aliphatic heterocycles. The molecule has 1 aliphatic carbocycles. The van der Waals surface area contributed by atoms with Crippen LogP contribution in [0.25, 0.3) is 11.4 Å². The van der Waals surface area contributed by atoms with Gasteiger partial charge in [0.2, 0.25) is 11.7 Å². The average molecular weight is 358 g/mol. The van der Waals surface area contributed by atoms with E-state index in [1.165, 1.54) is 5.56 Å². The maximum absolute atomic E-state index is 5.56. The molecular weight excluding hydrogens is 332 g/mol. The Balaban J connectivity index is 1.44. The highest BCUT2D eigenvalue weighted by atomic mass is 16.5. The fourth-order valence-corrected chi connectivity index (χ4v) is 3.68. The molecule has 4 rings (SSSR count). The molecule has 7 heteroatoms. The largest absolute Gasteiger partial charge is 0.381 e. The van der Waals surface area contributed by atoms with Crippen molar-refractivity contribution in [2.24, 2.45) is 0 Å². The van der Waals surface area contributed by atoms with Crippen molar-refractivity contribution in [3.8, 4) is 11.4 Å². The van der Waals surface area contributed by atoms with Crippen molar-refractivity contribution < 1.29 is 14.0 Å². The maximum atomic E-state index is 5.56. The molecule has 0 radical (unpaired) electrons. The monoisotopic (exact) mass is 358 g/mol. The van der Waals surface area contributed by atoms with Crippen molar-refractivity contribution in [2.45, 2.75) is 31.0 Å². The highest BCUT2D eigenvalue weighted by Crippen LogP contribution is 2.42. The van der Waals surface area contributed by atoms with Crippen LogP contribution in [-0.4, -0.2) is 61.6 Å². The first-order valence-corrected chi connectivity index (χ1v) is 9.18. The molecule has 0 amide bonds. The van der Waals surface area contributed by atoms with Gasteiger partial charge in [-0.15, -0.1) is 0 Å². The van der Waals surface area contributed by atoms with Gasteiger partial charge in [0, 0.05) is 45.1 Å². The minimum absolute atomic E-state index is 0.247. The van der Waals surface area contributed by atoms with Gasteiger partial charge < -0.3 is 19.3 Å². The zero-order valence-electron chi connectivity index (χ0n) is 15.4. The lowest BCUT2D eigenvalue weighted by atomic mass is 9.74. The van der Waals surface area contributed by atoms with Crippen molar-refractivity contribution in [3.63, 3.8) is 0 Å². The van der Waals surface area contributed by atoms with Gasteiger partial charge >= 0.3 is 0 Å². The zero-order chi connectivity index (χ0) is 18.0. The Bertz CT molecular complexity index is 719. The Morgan fingerprint density at radius 1 is 1.23 bits per heavy atom. The van der Waals surface area contributed by atoms with E-state index in [2.05, 4.69) is 44.6 Å². The van der Waals surface area contributed by atoms with Crippen LogP contribution in [0.15, 0.2) is 28.8 Å². The number of aromatic nitrogens is 2. The van der Waals surface area contributed by atoms with Crippen LogP contribution in [-0.2, 0) is 21.6 Å². The Hall–Kier alpha value is -1.80. The van der Waals surface area contributed by atoms with Crippen LogP contribution in [0.1, 0.15) is 24.3 Å². The minimum Gasteiger partial charge on any atom is -0.381 e. The zero-order valence-corrected chi connectivity index (χ0v) is 15.4. The van der Waals surface area contributed by atoms with E-state index in [9.17, 15) is 0 Å². The molecule has 2 aliphatic rings. The number of nitrogens with one attached hydrogen (secondary N) is 1.